The molecule has 0 radical (unpaired) electrons. The summed E-state index contributed by atoms with van der Waals surface area (Å²) in [5.74, 6) is 2.25. The number of benzene rings is 1. The molecule has 1 fully saturated rings. The summed E-state index contributed by atoms with van der Waals surface area (Å²) in [6.07, 6.45) is 4.83. The highest BCUT2D eigenvalue weighted by Crippen LogP contribution is 2.44. The minimum atomic E-state index is 0.300. The number of hydrogen-bond acceptors (Lipinski definition) is 4. The molecule has 1 aliphatic carbocycles. The van der Waals surface area contributed by atoms with Gasteiger partial charge in [-0.25, -0.2) is 0 Å². The Morgan fingerprint density at radius 3 is 2.58 bits per heavy atom. The van der Waals surface area contributed by atoms with Crippen molar-refractivity contribution in [3.63, 3.8) is 0 Å². The minimum Gasteiger partial charge on any atom is -0.493 e. The molecule has 0 heterocycles. The first-order valence-corrected chi connectivity index (χ1v) is 9.51. The standard InChI is InChI=1S/C20H33N3O3/c1-5-21-19(22-15-20(10-7-11-20)12-13-24-3)23-16-8-9-17(26-6-2)18(14-16)25-4/h8-9,14H,5-7,10-13,15H2,1-4H3,(H2,21,22,23). The quantitative estimate of drug-likeness (QED) is 0.490. The van der Waals surface area contributed by atoms with E-state index in [4.69, 9.17) is 19.2 Å². The van der Waals surface area contributed by atoms with Crippen LogP contribution in [0.25, 0.3) is 0 Å². The number of nitrogens with one attached hydrogen (secondary N) is 2. The van der Waals surface area contributed by atoms with Crippen LogP contribution in [-0.4, -0.2) is 46.5 Å². The predicted octanol–water partition coefficient (Wildman–Crippen LogP) is 3.68. The van der Waals surface area contributed by atoms with Gasteiger partial charge < -0.3 is 24.8 Å². The average molecular weight is 364 g/mol. The lowest BCUT2D eigenvalue weighted by molar-refractivity contribution is 0.0779. The second-order valence-electron chi connectivity index (χ2n) is 6.72. The number of hydrogen-bond donors (Lipinski definition) is 2. The molecule has 1 aromatic carbocycles. The summed E-state index contributed by atoms with van der Waals surface area (Å²) < 4.78 is 16.3. The van der Waals surface area contributed by atoms with E-state index in [0.29, 0.717) is 17.8 Å². The third-order valence-corrected chi connectivity index (χ3v) is 4.89. The van der Waals surface area contributed by atoms with Gasteiger partial charge in [-0.1, -0.05) is 6.42 Å². The van der Waals surface area contributed by atoms with Crippen molar-refractivity contribution in [2.24, 2.45) is 10.4 Å². The smallest absolute Gasteiger partial charge is 0.195 e. The number of methoxy groups -OCH3 is 2. The molecular weight excluding hydrogens is 330 g/mol. The van der Waals surface area contributed by atoms with Crippen molar-refractivity contribution >= 4 is 11.6 Å². The Kier molecular flexibility index (Phi) is 8.04. The van der Waals surface area contributed by atoms with Crippen LogP contribution in [0.15, 0.2) is 23.2 Å². The highest BCUT2D eigenvalue weighted by atomic mass is 16.5. The first-order valence-electron chi connectivity index (χ1n) is 9.51. The molecule has 146 valence electrons. The summed E-state index contributed by atoms with van der Waals surface area (Å²) in [5, 5.41) is 6.69. The van der Waals surface area contributed by atoms with Crippen LogP contribution in [0, 0.1) is 5.41 Å². The molecule has 0 unspecified atom stereocenters. The van der Waals surface area contributed by atoms with Crippen molar-refractivity contribution in [1.82, 2.24) is 5.32 Å². The van der Waals surface area contributed by atoms with E-state index in [-0.39, 0.29) is 0 Å². The number of guanidine groups is 1. The van der Waals surface area contributed by atoms with Gasteiger partial charge in [0.25, 0.3) is 0 Å². The van der Waals surface area contributed by atoms with Crippen LogP contribution >= 0.6 is 0 Å². The Morgan fingerprint density at radius 2 is 2.00 bits per heavy atom. The maximum atomic E-state index is 5.58. The van der Waals surface area contributed by atoms with E-state index in [1.807, 2.05) is 25.1 Å². The summed E-state index contributed by atoms with van der Waals surface area (Å²) in [7, 11) is 3.41. The molecule has 0 spiro atoms. The Bertz CT molecular complexity index is 586. The normalized spacial score (nSPS) is 15.9. The molecule has 0 saturated heterocycles. The van der Waals surface area contributed by atoms with Gasteiger partial charge >= 0.3 is 0 Å². The molecule has 0 amide bonds. The Morgan fingerprint density at radius 1 is 1.19 bits per heavy atom. The molecule has 0 atom stereocenters. The number of anilines is 1. The first kappa shape index (κ1) is 20.4. The summed E-state index contributed by atoms with van der Waals surface area (Å²) in [4.78, 5) is 4.84. The molecule has 26 heavy (non-hydrogen) atoms. The van der Waals surface area contributed by atoms with Crippen LogP contribution in [0.3, 0.4) is 0 Å². The Hall–Kier alpha value is -1.95. The lowest BCUT2D eigenvalue weighted by Gasteiger charge is -2.40. The molecule has 0 bridgehead atoms. The van der Waals surface area contributed by atoms with Gasteiger partial charge in [0.15, 0.2) is 17.5 Å². The fourth-order valence-corrected chi connectivity index (χ4v) is 3.19. The fourth-order valence-electron chi connectivity index (χ4n) is 3.19. The third kappa shape index (κ3) is 5.53. The molecule has 2 rings (SSSR count). The maximum absolute atomic E-state index is 5.58. The topological polar surface area (TPSA) is 64.1 Å². The van der Waals surface area contributed by atoms with Gasteiger partial charge in [-0.3, -0.25) is 4.99 Å². The third-order valence-electron chi connectivity index (χ3n) is 4.89. The van der Waals surface area contributed by atoms with Crippen molar-refractivity contribution in [1.29, 1.82) is 0 Å². The molecule has 0 aromatic heterocycles. The van der Waals surface area contributed by atoms with Gasteiger partial charge in [-0.2, -0.15) is 0 Å². The van der Waals surface area contributed by atoms with Gasteiger partial charge in [0.1, 0.15) is 0 Å². The summed E-state index contributed by atoms with van der Waals surface area (Å²) in [6.45, 7) is 7.07. The van der Waals surface area contributed by atoms with Crippen LogP contribution < -0.4 is 20.1 Å². The van der Waals surface area contributed by atoms with E-state index in [1.165, 1.54) is 19.3 Å². The molecule has 1 aromatic rings. The summed E-state index contributed by atoms with van der Waals surface area (Å²) in [5.41, 5.74) is 1.22. The summed E-state index contributed by atoms with van der Waals surface area (Å²) in [6, 6.07) is 5.83. The number of rotatable bonds is 10. The molecule has 0 aliphatic heterocycles. The largest absolute Gasteiger partial charge is 0.493 e. The zero-order chi connectivity index (χ0) is 18.8. The highest BCUT2D eigenvalue weighted by Gasteiger charge is 2.36. The van der Waals surface area contributed by atoms with Crippen LogP contribution in [-0.2, 0) is 4.74 Å². The number of aliphatic imine (C=N–C) groups is 1. The van der Waals surface area contributed by atoms with Gasteiger partial charge in [0.05, 0.1) is 13.7 Å². The van der Waals surface area contributed by atoms with Crippen molar-refractivity contribution < 1.29 is 14.2 Å². The van der Waals surface area contributed by atoms with E-state index >= 15 is 0 Å². The van der Waals surface area contributed by atoms with Crippen molar-refractivity contribution in [2.75, 3.05) is 45.8 Å². The summed E-state index contributed by atoms with van der Waals surface area (Å²) >= 11 is 0. The SMILES string of the molecule is CCNC(=NCC1(CCOC)CCC1)Nc1ccc(OCC)c(OC)c1. The molecule has 1 saturated carbocycles. The zero-order valence-corrected chi connectivity index (χ0v) is 16.6. The van der Waals surface area contributed by atoms with E-state index in [0.717, 1.165) is 43.5 Å². The lowest BCUT2D eigenvalue weighted by Crippen LogP contribution is -2.37. The molecular formula is C20H33N3O3. The number of ether oxygens (including phenoxy) is 3. The molecule has 2 N–H and O–H groups in total. The second-order valence-corrected chi connectivity index (χ2v) is 6.72. The van der Waals surface area contributed by atoms with Crippen LogP contribution in [0.5, 0.6) is 11.5 Å². The first-order chi connectivity index (χ1) is 12.7. The van der Waals surface area contributed by atoms with Crippen molar-refractivity contribution in [3.05, 3.63) is 18.2 Å². The Balaban J connectivity index is 2.07. The molecule has 6 heteroatoms. The van der Waals surface area contributed by atoms with Gasteiger partial charge in [0.2, 0.25) is 0 Å². The average Bonchev–Trinajstić information content (AvgIpc) is 2.62. The van der Waals surface area contributed by atoms with Crippen molar-refractivity contribution in [3.8, 4) is 11.5 Å². The van der Waals surface area contributed by atoms with E-state index < -0.39 is 0 Å². The van der Waals surface area contributed by atoms with Gasteiger partial charge in [0, 0.05) is 38.6 Å². The predicted molar refractivity (Wildman–Crippen MR) is 107 cm³/mol. The van der Waals surface area contributed by atoms with Crippen LogP contribution in [0.4, 0.5) is 5.69 Å². The van der Waals surface area contributed by atoms with Gasteiger partial charge in [-0.05, 0) is 50.7 Å². The molecule has 6 nitrogen and oxygen atoms in total. The monoisotopic (exact) mass is 363 g/mol. The highest BCUT2D eigenvalue weighted by molar-refractivity contribution is 5.93. The molecule has 1 aliphatic rings. The van der Waals surface area contributed by atoms with Crippen LogP contribution in [0.2, 0.25) is 0 Å². The van der Waals surface area contributed by atoms with E-state index in [2.05, 4.69) is 17.6 Å². The van der Waals surface area contributed by atoms with Crippen LogP contribution in [0.1, 0.15) is 39.5 Å². The Labute approximate surface area is 157 Å². The van der Waals surface area contributed by atoms with Gasteiger partial charge in [-0.15, -0.1) is 0 Å². The maximum Gasteiger partial charge on any atom is 0.195 e. The lowest BCUT2D eigenvalue weighted by atomic mass is 9.67. The van der Waals surface area contributed by atoms with E-state index in [1.54, 1.807) is 14.2 Å². The second kappa shape index (κ2) is 10.3. The van der Waals surface area contributed by atoms with Crippen molar-refractivity contribution in [2.45, 2.75) is 39.5 Å². The fraction of sp³-hybridized carbons (Fsp3) is 0.650. The van der Waals surface area contributed by atoms with E-state index in [9.17, 15) is 0 Å². The minimum absolute atomic E-state index is 0.300. The zero-order valence-electron chi connectivity index (χ0n) is 16.6. The number of nitrogens with zero attached hydrogens (tertiary/aromatic N) is 1.